The lowest BCUT2D eigenvalue weighted by atomic mass is 9.76. The van der Waals surface area contributed by atoms with Crippen LogP contribution in [-0.4, -0.2) is 6.04 Å². The molecule has 3 rings (SSSR count). The number of fused-ring (bicyclic) bond motifs is 3. The molecule has 1 aromatic carbocycles. The second-order valence-corrected chi connectivity index (χ2v) is 5.63. The highest BCUT2D eigenvalue weighted by atomic mass is 14.6. The van der Waals surface area contributed by atoms with Gasteiger partial charge in [-0.25, -0.2) is 0 Å². The molecule has 0 saturated carbocycles. The third kappa shape index (κ3) is 1.21. The Morgan fingerprint density at radius 3 is 2.75 bits per heavy atom. The minimum absolute atomic E-state index is 0.180. The number of hydrogen-bond donors (Lipinski definition) is 1. The lowest BCUT2D eigenvalue weighted by molar-refractivity contribution is 0.526. The highest BCUT2D eigenvalue weighted by molar-refractivity contribution is 5.54. The Morgan fingerprint density at radius 1 is 1.19 bits per heavy atom. The van der Waals surface area contributed by atoms with E-state index in [-0.39, 0.29) is 11.5 Å². The number of rotatable bonds is 0. The first-order valence-corrected chi connectivity index (χ1v) is 6.18. The van der Waals surface area contributed by atoms with Crippen molar-refractivity contribution in [1.82, 2.24) is 0 Å². The number of benzene rings is 1. The van der Waals surface area contributed by atoms with E-state index >= 15 is 0 Å². The van der Waals surface area contributed by atoms with E-state index in [0.29, 0.717) is 5.92 Å². The lowest BCUT2D eigenvalue weighted by Gasteiger charge is -2.29. The maximum atomic E-state index is 6.07. The van der Waals surface area contributed by atoms with Crippen LogP contribution in [0.5, 0.6) is 0 Å². The van der Waals surface area contributed by atoms with Crippen LogP contribution in [0.25, 0.3) is 0 Å². The fourth-order valence-corrected chi connectivity index (χ4v) is 3.44. The van der Waals surface area contributed by atoms with E-state index in [2.05, 4.69) is 44.2 Å². The van der Waals surface area contributed by atoms with E-state index < -0.39 is 0 Å². The van der Waals surface area contributed by atoms with Gasteiger partial charge >= 0.3 is 0 Å². The van der Waals surface area contributed by atoms with E-state index in [0.717, 1.165) is 6.42 Å². The maximum absolute atomic E-state index is 6.07. The van der Waals surface area contributed by atoms with Crippen molar-refractivity contribution in [2.24, 2.45) is 5.73 Å². The maximum Gasteiger partial charge on any atom is 0.0227 e. The molecule has 1 nitrogen and oxygen atoms in total. The Kier molecular flexibility index (Phi) is 2.02. The van der Waals surface area contributed by atoms with Gasteiger partial charge in [0.15, 0.2) is 0 Å². The summed E-state index contributed by atoms with van der Waals surface area (Å²) in [4.78, 5) is 0. The second-order valence-electron chi connectivity index (χ2n) is 5.63. The van der Waals surface area contributed by atoms with Crippen LogP contribution in [0.4, 0.5) is 0 Å². The molecule has 0 radical (unpaired) electrons. The van der Waals surface area contributed by atoms with Crippen LogP contribution < -0.4 is 5.73 Å². The minimum Gasteiger partial charge on any atom is -0.324 e. The van der Waals surface area contributed by atoms with Crippen LogP contribution in [0.1, 0.15) is 43.7 Å². The summed E-state index contributed by atoms with van der Waals surface area (Å²) in [6, 6.07) is 9.14. The Labute approximate surface area is 97.4 Å². The van der Waals surface area contributed by atoms with Crippen LogP contribution in [0.3, 0.4) is 0 Å². The molecule has 2 N–H and O–H groups in total. The summed E-state index contributed by atoms with van der Waals surface area (Å²) in [5.74, 6) is 0.631. The Morgan fingerprint density at radius 2 is 1.94 bits per heavy atom. The fraction of sp³-hybridized carbons (Fsp3) is 0.467. The highest BCUT2D eigenvalue weighted by Crippen LogP contribution is 2.53. The molecule has 0 amide bonds. The van der Waals surface area contributed by atoms with Gasteiger partial charge in [0.2, 0.25) is 0 Å². The van der Waals surface area contributed by atoms with Gasteiger partial charge in [-0.05, 0) is 24.0 Å². The summed E-state index contributed by atoms with van der Waals surface area (Å²) >= 11 is 0. The van der Waals surface area contributed by atoms with Crippen molar-refractivity contribution >= 4 is 0 Å². The normalized spacial score (nSPS) is 30.6. The SMILES string of the molecule is CC1(C)C2=CC(N)CCC2c2ccccc21. The Bertz CT molecular complexity index is 456. The molecular weight excluding hydrogens is 194 g/mol. The zero-order chi connectivity index (χ0) is 11.3. The predicted molar refractivity (Wildman–Crippen MR) is 67.5 cm³/mol. The van der Waals surface area contributed by atoms with Crippen molar-refractivity contribution in [1.29, 1.82) is 0 Å². The smallest absolute Gasteiger partial charge is 0.0227 e. The Balaban J connectivity index is 2.21. The minimum atomic E-state index is 0.180. The van der Waals surface area contributed by atoms with E-state index in [9.17, 15) is 0 Å². The van der Waals surface area contributed by atoms with Crippen LogP contribution in [0.15, 0.2) is 35.9 Å². The molecular formula is C15H19N. The number of nitrogens with two attached hydrogens (primary N) is 1. The van der Waals surface area contributed by atoms with Crippen molar-refractivity contribution in [3.8, 4) is 0 Å². The van der Waals surface area contributed by atoms with E-state index in [1.165, 1.54) is 17.5 Å². The van der Waals surface area contributed by atoms with Crippen molar-refractivity contribution in [2.45, 2.75) is 44.1 Å². The average Bonchev–Trinajstić information content (AvgIpc) is 2.49. The topological polar surface area (TPSA) is 26.0 Å². The average molecular weight is 213 g/mol. The molecule has 0 aliphatic heterocycles. The van der Waals surface area contributed by atoms with Gasteiger partial charge in [-0.15, -0.1) is 0 Å². The molecule has 84 valence electrons. The van der Waals surface area contributed by atoms with Gasteiger partial charge in [-0.2, -0.15) is 0 Å². The summed E-state index contributed by atoms with van der Waals surface area (Å²) in [7, 11) is 0. The molecule has 0 saturated heterocycles. The summed E-state index contributed by atoms with van der Waals surface area (Å²) in [6.45, 7) is 4.66. The van der Waals surface area contributed by atoms with Gasteiger partial charge in [0.25, 0.3) is 0 Å². The van der Waals surface area contributed by atoms with Crippen LogP contribution >= 0.6 is 0 Å². The molecule has 0 spiro atoms. The molecule has 2 unspecified atom stereocenters. The number of hydrogen-bond acceptors (Lipinski definition) is 1. The standard InChI is InChI=1S/C15H19N/c1-15(2)13-6-4-3-5-11(13)12-8-7-10(16)9-14(12)15/h3-6,9-10,12H,7-8,16H2,1-2H3. The third-order valence-corrected chi connectivity index (χ3v) is 4.29. The quantitative estimate of drug-likeness (QED) is 0.658. The molecule has 1 aromatic rings. The summed E-state index contributed by atoms with van der Waals surface area (Å²) in [5.41, 5.74) is 10.8. The second kappa shape index (κ2) is 3.21. The molecule has 0 aromatic heterocycles. The van der Waals surface area contributed by atoms with Gasteiger partial charge in [0, 0.05) is 17.4 Å². The van der Waals surface area contributed by atoms with Gasteiger partial charge < -0.3 is 5.73 Å². The van der Waals surface area contributed by atoms with Crippen molar-refractivity contribution in [2.75, 3.05) is 0 Å². The van der Waals surface area contributed by atoms with Crippen LogP contribution in [0.2, 0.25) is 0 Å². The lowest BCUT2D eigenvalue weighted by Crippen LogP contribution is -2.27. The largest absolute Gasteiger partial charge is 0.324 e. The third-order valence-electron chi connectivity index (χ3n) is 4.29. The van der Waals surface area contributed by atoms with E-state index in [4.69, 9.17) is 5.73 Å². The van der Waals surface area contributed by atoms with Gasteiger partial charge in [-0.1, -0.05) is 49.8 Å². The zero-order valence-electron chi connectivity index (χ0n) is 10.0. The molecule has 2 aliphatic carbocycles. The molecule has 0 bridgehead atoms. The van der Waals surface area contributed by atoms with Crippen LogP contribution in [-0.2, 0) is 5.41 Å². The molecule has 0 fully saturated rings. The summed E-state index contributed by atoms with van der Waals surface area (Å²) in [5, 5.41) is 0. The van der Waals surface area contributed by atoms with Gasteiger partial charge in [0.1, 0.15) is 0 Å². The summed E-state index contributed by atoms with van der Waals surface area (Å²) in [6.07, 6.45) is 4.65. The van der Waals surface area contributed by atoms with Crippen LogP contribution in [0, 0.1) is 0 Å². The van der Waals surface area contributed by atoms with Gasteiger partial charge in [0.05, 0.1) is 0 Å². The van der Waals surface area contributed by atoms with E-state index in [1.54, 1.807) is 5.57 Å². The first-order chi connectivity index (χ1) is 7.60. The van der Waals surface area contributed by atoms with Crippen molar-refractivity contribution < 1.29 is 0 Å². The molecule has 2 aliphatic rings. The molecule has 16 heavy (non-hydrogen) atoms. The highest BCUT2D eigenvalue weighted by Gasteiger charge is 2.42. The zero-order valence-corrected chi connectivity index (χ0v) is 10.0. The van der Waals surface area contributed by atoms with E-state index in [1.807, 2.05) is 0 Å². The molecule has 2 atom stereocenters. The predicted octanol–water partition coefficient (Wildman–Crippen LogP) is 3.11. The fourth-order valence-electron chi connectivity index (χ4n) is 3.44. The Hall–Kier alpha value is -1.08. The summed E-state index contributed by atoms with van der Waals surface area (Å²) < 4.78 is 0. The van der Waals surface area contributed by atoms with Crippen molar-refractivity contribution in [3.05, 3.63) is 47.0 Å². The first-order valence-electron chi connectivity index (χ1n) is 6.18. The molecule has 0 heterocycles. The monoisotopic (exact) mass is 213 g/mol. The van der Waals surface area contributed by atoms with Gasteiger partial charge in [-0.3, -0.25) is 0 Å². The van der Waals surface area contributed by atoms with Crippen molar-refractivity contribution in [3.63, 3.8) is 0 Å². The first kappa shape index (κ1) is 10.1. The molecule has 1 heteroatoms. The number of allylic oxidation sites excluding steroid dienone is 1.